The Kier molecular flexibility index (Phi) is 7.04. The summed E-state index contributed by atoms with van der Waals surface area (Å²) < 4.78 is 0. The van der Waals surface area contributed by atoms with Crippen molar-refractivity contribution in [3.63, 3.8) is 0 Å². The van der Waals surface area contributed by atoms with Gasteiger partial charge in [0.1, 0.15) is 0 Å². The zero-order chi connectivity index (χ0) is 16.1. The number of hydrogen-bond donors (Lipinski definition) is 1. The summed E-state index contributed by atoms with van der Waals surface area (Å²) in [6.45, 7) is 3.16. The largest absolute Gasteiger partial charge is 0.384 e. The quantitative estimate of drug-likeness (QED) is 0.667. The van der Waals surface area contributed by atoms with Crippen LogP contribution in [0, 0.1) is 0 Å². The van der Waals surface area contributed by atoms with Crippen molar-refractivity contribution < 1.29 is 4.79 Å². The van der Waals surface area contributed by atoms with Gasteiger partial charge in [-0.15, -0.1) is 12.4 Å². The fourth-order valence-corrected chi connectivity index (χ4v) is 3.41. The number of aromatic nitrogens is 1. The third-order valence-corrected chi connectivity index (χ3v) is 4.65. The smallest absolute Gasteiger partial charge is 0.166 e. The minimum absolute atomic E-state index is 0. The minimum atomic E-state index is 0. The van der Waals surface area contributed by atoms with Gasteiger partial charge in [0.2, 0.25) is 0 Å². The Morgan fingerprint density at radius 2 is 1.88 bits per heavy atom. The van der Waals surface area contributed by atoms with Crippen LogP contribution in [0.5, 0.6) is 0 Å². The Labute approximate surface area is 150 Å². The van der Waals surface area contributed by atoms with Crippen LogP contribution in [-0.4, -0.2) is 17.3 Å². The summed E-state index contributed by atoms with van der Waals surface area (Å²) in [5, 5.41) is 4.64. The molecule has 1 heterocycles. The highest BCUT2D eigenvalue weighted by molar-refractivity contribution is 6.09. The molecule has 1 aliphatic rings. The fourth-order valence-electron chi connectivity index (χ4n) is 3.41. The molecule has 0 fully saturated rings. The van der Waals surface area contributed by atoms with Crippen LogP contribution in [0.1, 0.15) is 67.9 Å². The van der Waals surface area contributed by atoms with Crippen molar-refractivity contribution in [2.45, 2.75) is 58.3 Å². The van der Waals surface area contributed by atoms with Crippen LogP contribution in [0.15, 0.2) is 24.3 Å². The van der Waals surface area contributed by atoms with Crippen molar-refractivity contribution in [2.24, 2.45) is 0 Å². The lowest BCUT2D eigenvalue weighted by Gasteiger charge is -2.20. The van der Waals surface area contributed by atoms with E-state index in [0.29, 0.717) is 6.42 Å². The molecule has 4 heteroatoms. The highest BCUT2D eigenvalue weighted by atomic mass is 35.5. The molecule has 0 unspecified atom stereocenters. The van der Waals surface area contributed by atoms with Crippen LogP contribution in [0.2, 0.25) is 0 Å². The molecule has 0 saturated heterocycles. The first kappa shape index (κ1) is 18.7. The molecule has 3 rings (SSSR count). The molecule has 0 saturated carbocycles. The second-order valence-corrected chi connectivity index (χ2v) is 6.44. The number of para-hydroxylation sites is 1. The van der Waals surface area contributed by atoms with E-state index in [1.165, 1.54) is 25.7 Å². The van der Waals surface area contributed by atoms with Crippen LogP contribution in [0.3, 0.4) is 0 Å². The number of fused-ring (bicyclic) bond motifs is 2. The number of hydrogen-bond acceptors (Lipinski definition) is 3. The Balaban J connectivity index is 0.00000208. The number of nitrogens with zero attached hydrogens (tertiary/aromatic N) is 1. The van der Waals surface area contributed by atoms with Crippen molar-refractivity contribution in [3.8, 4) is 0 Å². The summed E-state index contributed by atoms with van der Waals surface area (Å²) in [6, 6.07) is 8.15. The van der Waals surface area contributed by atoms with Gasteiger partial charge in [0.15, 0.2) is 5.78 Å². The molecule has 24 heavy (non-hydrogen) atoms. The summed E-state index contributed by atoms with van der Waals surface area (Å²) in [5.74, 6) is 0.248. The van der Waals surface area contributed by atoms with Crippen molar-refractivity contribution in [1.82, 2.24) is 4.98 Å². The molecular weight excluding hydrogens is 320 g/mol. The summed E-state index contributed by atoms with van der Waals surface area (Å²) >= 11 is 0. The van der Waals surface area contributed by atoms with E-state index in [4.69, 9.17) is 4.98 Å². The van der Waals surface area contributed by atoms with E-state index in [0.717, 1.165) is 53.7 Å². The molecule has 0 bridgehead atoms. The maximum Gasteiger partial charge on any atom is 0.166 e. The normalized spacial score (nSPS) is 13.5. The molecular formula is C20H27ClN2O. The van der Waals surface area contributed by atoms with E-state index < -0.39 is 0 Å². The van der Waals surface area contributed by atoms with E-state index in [2.05, 4.69) is 18.3 Å². The van der Waals surface area contributed by atoms with Gasteiger partial charge in [-0.3, -0.25) is 9.78 Å². The number of pyridine rings is 1. The second kappa shape index (κ2) is 9.03. The first-order valence-electron chi connectivity index (χ1n) is 9.00. The molecule has 0 amide bonds. The SMILES string of the molecule is CCCCCCCNc1c2c(nc3ccccc13)CCCC2=O.Cl. The van der Waals surface area contributed by atoms with Crippen molar-refractivity contribution in [2.75, 3.05) is 11.9 Å². The summed E-state index contributed by atoms with van der Waals surface area (Å²) in [7, 11) is 0. The molecule has 130 valence electrons. The van der Waals surface area contributed by atoms with E-state index in [9.17, 15) is 4.79 Å². The van der Waals surface area contributed by atoms with Crippen molar-refractivity contribution >= 4 is 34.8 Å². The molecule has 2 aromatic rings. The third-order valence-electron chi connectivity index (χ3n) is 4.65. The first-order valence-corrected chi connectivity index (χ1v) is 9.00. The van der Waals surface area contributed by atoms with Crippen LogP contribution in [0.25, 0.3) is 10.9 Å². The topological polar surface area (TPSA) is 42.0 Å². The van der Waals surface area contributed by atoms with Crippen LogP contribution in [0.4, 0.5) is 5.69 Å². The van der Waals surface area contributed by atoms with E-state index in [1.54, 1.807) is 0 Å². The number of aryl methyl sites for hydroxylation is 1. The monoisotopic (exact) mass is 346 g/mol. The fraction of sp³-hybridized carbons (Fsp3) is 0.500. The van der Waals surface area contributed by atoms with Gasteiger partial charge in [-0.25, -0.2) is 0 Å². The maximum atomic E-state index is 12.4. The maximum absolute atomic E-state index is 12.4. The number of rotatable bonds is 7. The van der Waals surface area contributed by atoms with E-state index >= 15 is 0 Å². The first-order chi connectivity index (χ1) is 11.3. The molecule has 0 aliphatic heterocycles. The van der Waals surface area contributed by atoms with Gasteiger partial charge in [-0.1, -0.05) is 50.8 Å². The number of anilines is 1. The van der Waals surface area contributed by atoms with Gasteiger partial charge in [0, 0.05) is 18.4 Å². The standard InChI is InChI=1S/C20H26N2O.ClH/c1-2-3-4-5-8-14-21-20-15-10-6-7-11-16(15)22-17-12-9-13-18(23)19(17)20;/h6-7,10-11H,2-5,8-9,12-14H2,1H3,(H,21,22);1H. The lowest BCUT2D eigenvalue weighted by atomic mass is 9.91. The molecule has 1 aliphatic carbocycles. The summed E-state index contributed by atoms with van der Waals surface area (Å²) in [5.41, 5.74) is 3.84. The number of nitrogens with one attached hydrogen (secondary N) is 1. The van der Waals surface area contributed by atoms with Gasteiger partial charge in [0.05, 0.1) is 22.5 Å². The Morgan fingerprint density at radius 3 is 2.71 bits per heavy atom. The zero-order valence-corrected chi connectivity index (χ0v) is 15.3. The van der Waals surface area contributed by atoms with Crippen molar-refractivity contribution in [3.05, 3.63) is 35.5 Å². The van der Waals surface area contributed by atoms with Gasteiger partial charge >= 0.3 is 0 Å². The lowest BCUT2D eigenvalue weighted by Crippen LogP contribution is -2.17. The van der Waals surface area contributed by atoms with Gasteiger partial charge < -0.3 is 5.32 Å². The Bertz CT molecular complexity index is 699. The highest BCUT2D eigenvalue weighted by Crippen LogP contribution is 2.33. The molecule has 3 nitrogen and oxygen atoms in total. The Morgan fingerprint density at radius 1 is 1.08 bits per heavy atom. The van der Waals surface area contributed by atoms with Gasteiger partial charge in [-0.05, 0) is 25.3 Å². The third kappa shape index (κ3) is 4.07. The second-order valence-electron chi connectivity index (χ2n) is 6.44. The summed E-state index contributed by atoms with van der Waals surface area (Å²) in [4.78, 5) is 17.2. The molecule has 1 N–H and O–H groups in total. The zero-order valence-electron chi connectivity index (χ0n) is 14.4. The number of carbonyl (C=O) groups excluding carboxylic acids is 1. The molecule has 1 aromatic heterocycles. The van der Waals surface area contributed by atoms with Gasteiger partial charge in [-0.2, -0.15) is 0 Å². The molecule has 0 atom stereocenters. The summed E-state index contributed by atoms with van der Waals surface area (Å²) in [6.07, 6.45) is 8.77. The highest BCUT2D eigenvalue weighted by Gasteiger charge is 2.24. The molecule has 0 radical (unpaired) electrons. The number of benzene rings is 1. The minimum Gasteiger partial charge on any atom is -0.384 e. The van der Waals surface area contributed by atoms with Crippen LogP contribution in [-0.2, 0) is 6.42 Å². The van der Waals surface area contributed by atoms with E-state index in [1.807, 2.05) is 18.2 Å². The number of ketones is 1. The average Bonchev–Trinajstić information content (AvgIpc) is 2.57. The number of Topliss-reactive ketones (excluding diaryl/α,β-unsaturated/α-hetero) is 1. The Hall–Kier alpha value is -1.61. The van der Waals surface area contributed by atoms with Crippen LogP contribution >= 0.6 is 12.4 Å². The van der Waals surface area contributed by atoms with E-state index in [-0.39, 0.29) is 18.2 Å². The number of halogens is 1. The number of unbranched alkanes of at least 4 members (excludes halogenated alkanes) is 4. The predicted octanol–water partition coefficient (Wildman–Crippen LogP) is 5.56. The van der Waals surface area contributed by atoms with Gasteiger partial charge in [0.25, 0.3) is 0 Å². The van der Waals surface area contributed by atoms with Crippen LogP contribution < -0.4 is 5.32 Å². The lowest BCUT2D eigenvalue weighted by molar-refractivity contribution is 0.0972. The molecule has 0 spiro atoms. The number of carbonyl (C=O) groups is 1. The van der Waals surface area contributed by atoms with Crippen molar-refractivity contribution in [1.29, 1.82) is 0 Å². The average molecular weight is 347 g/mol. The molecule has 1 aromatic carbocycles. The predicted molar refractivity (Wildman–Crippen MR) is 104 cm³/mol.